The molecule has 1 heterocycles. The number of fused-ring (bicyclic) bond motifs is 1. The van der Waals surface area contributed by atoms with Crippen molar-refractivity contribution in [2.75, 3.05) is 5.75 Å². The molecule has 0 unspecified atom stereocenters. The van der Waals surface area contributed by atoms with Crippen molar-refractivity contribution in [2.24, 2.45) is 0 Å². The smallest absolute Gasteiger partial charge is 0.339 e. The third-order valence-electron chi connectivity index (χ3n) is 3.55. The Bertz CT molecular complexity index is 918. The van der Waals surface area contributed by atoms with E-state index in [1.54, 1.807) is 24.3 Å². The van der Waals surface area contributed by atoms with Gasteiger partial charge in [-0.1, -0.05) is 48.9 Å². The zero-order valence-electron chi connectivity index (χ0n) is 13.0. The SMILES string of the molecule is CC[S@](=O)c1ccccc1C(=O)OCc1sc2ccccc2c1Cl. The largest absolute Gasteiger partial charge is 0.456 e. The first-order chi connectivity index (χ1) is 11.6. The fourth-order valence-electron chi connectivity index (χ4n) is 2.36. The summed E-state index contributed by atoms with van der Waals surface area (Å²) < 4.78 is 18.5. The molecule has 1 atom stereocenters. The molecule has 0 saturated heterocycles. The van der Waals surface area contributed by atoms with Crippen LogP contribution in [0, 0.1) is 0 Å². The molecule has 3 rings (SSSR count). The molecule has 0 aliphatic rings. The summed E-state index contributed by atoms with van der Waals surface area (Å²) in [5.74, 6) is -0.0344. The quantitative estimate of drug-likeness (QED) is 0.584. The molecule has 0 radical (unpaired) electrons. The number of rotatable bonds is 5. The summed E-state index contributed by atoms with van der Waals surface area (Å²) in [4.78, 5) is 13.7. The average molecular weight is 379 g/mol. The summed E-state index contributed by atoms with van der Waals surface area (Å²) in [6.45, 7) is 1.92. The zero-order chi connectivity index (χ0) is 17.1. The highest BCUT2D eigenvalue weighted by molar-refractivity contribution is 7.85. The molecule has 0 saturated carbocycles. The van der Waals surface area contributed by atoms with E-state index in [0.717, 1.165) is 15.0 Å². The first-order valence-electron chi connectivity index (χ1n) is 7.42. The summed E-state index contributed by atoms with van der Waals surface area (Å²) in [6.07, 6.45) is 0. The molecular formula is C18H15ClO3S2. The van der Waals surface area contributed by atoms with Crippen molar-refractivity contribution in [3.8, 4) is 0 Å². The van der Waals surface area contributed by atoms with E-state index >= 15 is 0 Å². The van der Waals surface area contributed by atoms with Crippen LogP contribution in [0.3, 0.4) is 0 Å². The highest BCUT2D eigenvalue weighted by Gasteiger charge is 2.17. The van der Waals surface area contributed by atoms with Crippen LogP contribution >= 0.6 is 22.9 Å². The normalized spacial score (nSPS) is 12.2. The van der Waals surface area contributed by atoms with Gasteiger partial charge in [0.1, 0.15) is 6.61 Å². The van der Waals surface area contributed by atoms with Gasteiger partial charge < -0.3 is 4.74 Å². The van der Waals surface area contributed by atoms with E-state index in [4.69, 9.17) is 16.3 Å². The van der Waals surface area contributed by atoms with Crippen LogP contribution in [0.5, 0.6) is 0 Å². The van der Waals surface area contributed by atoms with E-state index in [2.05, 4.69) is 0 Å². The van der Waals surface area contributed by atoms with Crippen molar-refractivity contribution < 1.29 is 13.7 Å². The fraction of sp³-hybridized carbons (Fsp3) is 0.167. The molecule has 0 spiro atoms. The van der Waals surface area contributed by atoms with Crippen molar-refractivity contribution in [1.82, 2.24) is 0 Å². The maximum absolute atomic E-state index is 12.4. The van der Waals surface area contributed by atoms with E-state index in [1.165, 1.54) is 11.3 Å². The molecule has 0 amide bonds. The Hall–Kier alpha value is -1.69. The standard InChI is InChI=1S/C18H15ClO3S2/c1-2-24(21)16-10-6-4-8-13(16)18(20)22-11-15-17(19)12-7-3-5-9-14(12)23-15/h3-10H,2,11H2,1H3/t24-/m0/s1. The van der Waals surface area contributed by atoms with Crippen molar-refractivity contribution in [2.45, 2.75) is 18.4 Å². The van der Waals surface area contributed by atoms with Gasteiger partial charge in [0, 0.05) is 15.8 Å². The monoisotopic (exact) mass is 378 g/mol. The van der Waals surface area contributed by atoms with Crippen LogP contribution in [0.1, 0.15) is 22.2 Å². The minimum Gasteiger partial charge on any atom is -0.456 e. The van der Waals surface area contributed by atoms with Gasteiger partial charge in [-0.3, -0.25) is 4.21 Å². The Kier molecular flexibility index (Phi) is 5.33. The van der Waals surface area contributed by atoms with Crippen molar-refractivity contribution >= 4 is 49.8 Å². The summed E-state index contributed by atoms with van der Waals surface area (Å²) >= 11 is 7.87. The van der Waals surface area contributed by atoms with Crippen molar-refractivity contribution in [3.05, 3.63) is 64.0 Å². The Labute approximate surface area is 151 Å². The van der Waals surface area contributed by atoms with Gasteiger partial charge in [-0.2, -0.15) is 0 Å². The molecule has 0 fully saturated rings. The number of hydrogen-bond acceptors (Lipinski definition) is 4. The predicted molar refractivity (Wildman–Crippen MR) is 99.3 cm³/mol. The minimum absolute atomic E-state index is 0.101. The van der Waals surface area contributed by atoms with Crippen LogP contribution in [-0.4, -0.2) is 15.9 Å². The molecule has 3 aromatic rings. The first kappa shape index (κ1) is 17.1. The number of carbonyl (C=O) groups excluding carboxylic acids is 1. The Morgan fingerprint density at radius 3 is 2.62 bits per heavy atom. The fourth-order valence-corrected chi connectivity index (χ4v) is 4.69. The minimum atomic E-state index is -1.21. The lowest BCUT2D eigenvalue weighted by atomic mass is 10.2. The number of esters is 1. The van der Waals surface area contributed by atoms with Crippen LogP contribution in [0.15, 0.2) is 53.4 Å². The number of benzene rings is 2. The summed E-state index contributed by atoms with van der Waals surface area (Å²) in [7, 11) is -1.21. The summed E-state index contributed by atoms with van der Waals surface area (Å²) in [5, 5.41) is 1.58. The lowest BCUT2D eigenvalue weighted by Gasteiger charge is -2.08. The van der Waals surface area contributed by atoms with Gasteiger partial charge in [-0.05, 0) is 18.2 Å². The van der Waals surface area contributed by atoms with Crippen LogP contribution in [0.4, 0.5) is 0 Å². The number of halogens is 1. The topological polar surface area (TPSA) is 43.4 Å². The molecule has 3 nitrogen and oxygen atoms in total. The Balaban J connectivity index is 1.81. The maximum atomic E-state index is 12.4. The van der Waals surface area contributed by atoms with Gasteiger partial charge in [0.25, 0.3) is 0 Å². The molecular weight excluding hydrogens is 364 g/mol. The van der Waals surface area contributed by atoms with Gasteiger partial charge >= 0.3 is 5.97 Å². The molecule has 1 aromatic heterocycles. The van der Waals surface area contributed by atoms with Crippen LogP contribution in [0.2, 0.25) is 5.02 Å². The van der Waals surface area contributed by atoms with Crippen LogP contribution < -0.4 is 0 Å². The van der Waals surface area contributed by atoms with Gasteiger partial charge in [0.15, 0.2) is 0 Å². The van der Waals surface area contributed by atoms with E-state index in [-0.39, 0.29) is 6.61 Å². The van der Waals surface area contributed by atoms with Gasteiger partial charge in [0.2, 0.25) is 0 Å². The Morgan fingerprint density at radius 1 is 1.17 bits per heavy atom. The second-order valence-corrected chi connectivity index (χ2v) is 8.26. The van der Waals surface area contributed by atoms with E-state index in [1.807, 2.05) is 31.2 Å². The summed E-state index contributed by atoms with van der Waals surface area (Å²) in [6, 6.07) is 14.6. The molecule has 0 aliphatic carbocycles. The number of hydrogen-bond donors (Lipinski definition) is 0. The van der Waals surface area contributed by atoms with E-state index in [0.29, 0.717) is 21.2 Å². The second-order valence-electron chi connectivity index (χ2n) is 5.04. The van der Waals surface area contributed by atoms with Crippen LogP contribution in [0.25, 0.3) is 10.1 Å². The lowest BCUT2D eigenvalue weighted by molar-refractivity contribution is 0.0472. The van der Waals surface area contributed by atoms with Crippen molar-refractivity contribution in [3.63, 3.8) is 0 Å². The molecule has 0 N–H and O–H groups in total. The number of carbonyl (C=O) groups is 1. The third-order valence-corrected chi connectivity index (χ3v) is 6.61. The predicted octanol–water partition coefficient (Wildman–Crippen LogP) is 5.04. The molecule has 6 heteroatoms. The maximum Gasteiger partial charge on any atom is 0.339 e. The number of thiophene rings is 1. The van der Waals surface area contributed by atoms with Gasteiger partial charge in [-0.15, -0.1) is 11.3 Å². The molecule has 124 valence electrons. The van der Waals surface area contributed by atoms with Crippen LogP contribution in [-0.2, 0) is 22.1 Å². The molecule has 0 aliphatic heterocycles. The first-order valence-corrected chi connectivity index (χ1v) is 9.93. The molecule has 24 heavy (non-hydrogen) atoms. The Morgan fingerprint density at radius 2 is 1.88 bits per heavy atom. The van der Waals surface area contributed by atoms with Crippen molar-refractivity contribution in [1.29, 1.82) is 0 Å². The molecule has 2 aromatic carbocycles. The highest BCUT2D eigenvalue weighted by Crippen LogP contribution is 2.35. The van der Waals surface area contributed by atoms with E-state index in [9.17, 15) is 9.00 Å². The van der Waals surface area contributed by atoms with E-state index < -0.39 is 16.8 Å². The van der Waals surface area contributed by atoms with Gasteiger partial charge in [-0.25, -0.2) is 4.79 Å². The second kappa shape index (κ2) is 7.47. The zero-order valence-corrected chi connectivity index (χ0v) is 15.3. The van der Waals surface area contributed by atoms with Gasteiger partial charge in [0.05, 0.1) is 31.2 Å². The highest BCUT2D eigenvalue weighted by atomic mass is 35.5. The molecule has 0 bridgehead atoms. The average Bonchev–Trinajstić information content (AvgIpc) is 2.95. The number of ether oxygens (including phenoxy) is 1. The third kappa shape index (κ3) is 3.38. The summed E-state index contributed by atoms with van der Waals surface area (Å²) in [5.41, 5.74) is 0.343. The lowest BCUT2D eigenvalue weighted by Crippen LogP contribution is -2.09.